The quantitative estimate of drug-likeness (QED) is 0.167. The fraction of sp³-hybridized carbons (Fsp3) is 0.107. The zero-order valence-corrected chi connectivity index (χ0v) is 33.1. The summed E-state index contributed by atoms with van der Waals surface area (Å²) in [5.41, 5.74) is 17.8. The first-order valence-corrected chi connectivity index (χ1v) is 20.4. The van der Waals surface area contributed by atoms with Crippen LogP contribution in [-0.4, -0.2) is 0 Å². The topological polar surface area (TPSA) is 16.4 Å². The highest BCUT2D eigenvalue weighted by Gasteiger charge is 2.39. The minimum Gasteiger partial charge on any atom is -0.455 e. The van der Waals surface area contributed by atoms with Crippen LogP contribution >= 0.6 is 0 Å². The van der Waals surface area contributed by atoms with Crippen molar-refractivity contribution in [2.75, 3.05) is 4.90 Å². The molecule has 0 aliphatic heterocycles. The fourth-order valence-electron chi connectivity index (χ4n) is 10.7. The van der Waals surface area contributed by atoms with Crippen molar-refractivity contribution in [1.29, 1.82) is 0 Å². The molecule has 2 aliphatic carbocycles. The van der Waals surface area contributed by atoms with Crippen molar-refractivity contribution in [3.63, 3.8) is 0 Å². The molecule has 0 fully saturated rings. The van der Waals surface area contributed by atoms with Crippen LogP contribution in [0, 0.1) is 0 Å². The highest BCUT2D eigenvalue weighted by Crippen LogP contribution is 2.57. The number of nitrogens with zero attached hydrogens (tertiary/aromatic N) is 1. The summed E-state index contributed by atoms with van der Waals surface area (Å²) < 4.78 is 7.06. The minimum atomic E-state index is -0.146. The summed E-state index contributed by atoms with van der Waals surface area (Å²) >= 11 is 0. The predicted octanol–water partition coefficient (Wildman–Crippen LogP) is 15.6. The molecule has 0 saturated carbocycles. The van der Waals surface area contributed by atoms with Crippen molar-refractivity contribution in [2.24, 2.45) is 0 Å². The number of para-hydroxylation sites is 1. The second-order valence-electron chi connectivity index (χ2n) is 17.2. The lowest BCUT2D eigenvalue weighted by molar-refractivity contribution is 0.660. The average Bonchev–Trinajstić information content (AvgIpc) is 3.84. The van der Waals surface area contributed by atoms with Crippen molar-refractivity contribution in [2.45, 2.75) is 38.5 Å². The molecular formula is C56H41NO. The summed E-state index contributed by atoms with van der Waals surface area (Å²) in [5.74, 6) is 0. The lowest BCUT2D eigenvalue weighted by Crippen LogP contribution is -2.17. The number of anilines is 3. The SMILES string of the molecule is CC1(C)c2ccccc2-c2cc(N(c3cccc4c3-c3ccccc3C4(C)C)c3ccc(-c4cc5ccccc5c5ccccc45)c4oc5ccccc5c34)ccc21. The van der Waals surface area contributed by atoms with Gasteiger partial charge in [-0.25, -0.2) is 0 Å². The van der Waals surface area contributed by atoms with Gasteiger partial charge in [0, 0.05) is 33.0 Å². The molecule has 0 saturated heterocycles. The third kappa shape index (κ3) is 4.43. The van der Waals surface area contributed by atoms with E-state index in [1.165, 1.54) is 71.6 Å². The molecule has 58 heavy (non-hydrogen) atoms. The smallest absolute Gasteiger partial charge is 0.145 e. The Morgan fingerprint density at radius 2 is 1.02 bits per heavy atom. The van der Waals surface area contributed by atoms with E-state index in [-0.39, 0.29) is 10.8 Å². The minimum absolute atomic E-state index is 0.0927. The monoisotopic (exact) mass is 743 g/mol. The van der Waals surface area contributed by atoms with Crippen LogP contribution in [0.3, 0.4) is 0 Å². The molecule has 0 N–H and O–H groups in total. The van der Waals surface area contributed by atoms with Crippen molar-refractivity contribution < 1.29 is 4.42 Å². The zero-order chi connectivity index (χ0) is 38.9. The molecule has 2 aliphatic rings. The van der Waals surface area contributed by atoms with Crippen LogP contribution in [0.4, 0.5) is 17.1 Å². The molecule has 1 aromatic heterocycles. The number of hydrogen-bond acceptors (Lipinski definition) is 2. The van der Waals surface area contributed by atoms with E-state index in [9.17, 15) is 0 Å². The molecular weight excluding hydrogens is 703 g/mol. The number of fused-ring (bicyclic) bond motifs is 12. The molecule has 0 amide bonds. The predicted molar refractivity (Wildman–Crippen MR) is 244 cm³/mol. The average molecular weight is 744 g/mol. The standard InChI is InChI=1S/C56H41NO/c1-55(2)45-23-12-9-20-39(45)44-33-35(28-30-47(44)55)57(49-26-15-25-48-52(49)41-21-10-13-24-46(41)56(48,3)4)50-31-29-40(54-53(50)42-22-11-14-27-51(42)58-54)43-32-34-16-5-6-17-36(34)37-18-7-8-19-38(37)43/h5-33H,1-4H3. The Balaban J connectivity index is 1.19. The molecule has 2 nitrogen and oxygen atoms in total. The van der Waals surface area contributed by atoms with E-state index >= 15 is 0 Å². The number of rotatable bonds is 4. The van der Waals surface area contributed by atoms with Gasteiger partial charge in [0.05, 0.1) is 16.8 Å². The third-order valence-electron chi connectivity index (χ3n) is 13.5. The normalized spacial score (nSPS) is 14.5. The van der Waals surface area contributed by atoms with E-state index in [1.807, 2.05) is 0 Å². The van der Waals surface area contributed by atoms with Gasteiger partial charge in [0.15, 0.2) is 0 Å². The highest BCUT2D eigenvalue weighted by molar-refractivity contribution is 6.21. The largest absolute Gasteiger partial charge is 0.455 e. The van der Waals surface area contributed by atoms with Gasteiger partial charge >= 0.3 is 0 Å². The third-order valence-corrected chi connectivity index (χ3v) is 13.5. The Morgan fingerprint density at radius 1 is 0.397 bits per heavy atom. The van der Waals surface area contributed by atoms with Crippen molar-refractivity contribution in [1.82, 2.24) is 0 Å². The Kier molecular flexibility index (Phi) is 6.78. The van der Waals surface area contributed by atoms with Crippen LogP contribution in [0.2, 0.25) is 0 Å². The molecule has 2 heteroatoms. The number of benzene rings is 9. The maximum absolute atomic E-state index is 7.06. The van der Waals surface area contributed by atoms with Crippen LogP contribution in [0.25, 0.3) is 76.9 Å². The Morgan fingerprint density at radius 3 is 1.84 bits per heavy atom. The lowest BCUT2D eigenvalue weighted by atomic mass is 9.82. The molecule has 0 unspecified atom stereocenters. The molecule has 1 heterocycles. The first kappa shape index (κ1) is 33.3. The summed E-state index contributed by atoms with van der Waals surface area (Å²) in [6.07, 6.45) is 0. The first-order valence-electron chi connectivity index (χ1n) is 20.4. The molecule has 10 aromatic rings. The van der Waals surface area contributed by atoms with Crippen LogP contribution in [0.15, 0.2) is 180 Å². The van der Waals surface area contributed by atoms with Gasteiger partial charge in [-0.2, -0.15) is 0 Å². The summed E-state index contributed by atoms with van der Waals surface area (Å²) in [6.45, 7) is 9.44. The van der Waals surface area contributed by atoms with Crippen LogP contribution < -0.4 is 4.90 Å². The molecule has 0 bridgehead atoms. The molecule has 276 valence electrons. The van der Waals surface area contributed by atoms with Gasteiger partial charge in [0.1, 0.15) is 11.2 Å². The van der Waals surface area contributed by atoms with E-state index in [2.05, 4.69) is 209 Å². The maximum atomic E-state index is 7.06. The molecule has 12 rings (SSSR count). The summed E-state index contributed by atoms with van der Waals surface area (Å²) in [4.78, 5) is 2.53. The summed E-state index contributed by atoms with van der Waals surface area (Å²) in [6, 6.07) is 65.0. The molecule has 0 radical (unpaired) electrons. The van der Waals surface area contributed by atoms with Gasteiger partial charge < -0.3 is 9.32 Å². The molecule has 9 aromatic carbocycles. The summed E-state index contributed by atoms with van der Waals surface area (Å²) in [7, 11) is 0. The van der Waals surface area contributed by atoms with Crippen LogP contribution in [0.1, 0.15) is 49.9 Å². The van der Waals surface area contributed by atoms with E-state index in [4.69, 9.17) is 4.42 Å². The first-order chi connectivity index (χ1) is 28.3. The molecule has 0 spiro atoms. The Bertz CT molecular complexity index is 3360. The maximum Gasteiger partial charge on any atom is 0.145 e. The second-order valence-corrected chi connectivity index (χ2v) is 17.2. The number of furan rings is 1. The van der Waals surface area contributed by atoms with E-state index in [1.54, 1.807) is 0 Å². The van der Waals surface area contributed by atoms with Crippen LogP contribution in [-0.2, 0) is 10.8 Å². The highest BCUT2D eigenvalue weighted by atomic mass is 16.3. The van der Waals surface area contributed by atoms with Crippen LogP contribution in [0.5, 0.6) is 0 Å². The van der Waals surface area contributed by atoms with E-state index in [0.29, 0.717) is 0 Å². The van der Waals surface area contributed by atoms with Gasteiger partial charge in [0.25, 0.3) is 0 Å². The van der Waals surface area contributed by atoms with E-state index < -0.39 is 0 Å². The Labute approximate surface area is 338 Å². The zero-order valence-electron chi connectivity index (χ0n) is 33.1. The van der Waals surface area contributed by atoms with Crippen molar-refractivity contribution in [3.8, 4) is 33.4 Å². The van der Waals surface area contributed by atoms with Gasteiger partial charge in [-0.3, -0.25) is 0 Å². The van der Waals surface area contributed by atoms with Gasteiger partial charge in [-0.15, -0.1) is 0 Å². The van der Waals surface area contributed by atoms with Gasteiger partial charge in [-0.05, 0) is 109 Å². The lowest BCUT2D eigenvalue weighted by Gasteiger charge is -2.30. The van der Waals surface area contributed by atoms with E-state index in [0.717, 1.165) is 44.6 Å². The van der Waals surface area contributed by atoms with Gasteiger partial charge in [0.2, 0.25) is 0 Å². The second kappa shape index (κ2) is 11.8. The number of hydrogen-bond donors (Lipinski definition) is 0. The van der Waals surface area contributed by atoms with Gasteiger partial charge in [-0.1, -0.05) is 161 Å². The van der Waals surface area contributed by atoms with Crippen molar-refractivity contribution in [3.05, 3.63) is 198 Å². The molecule has 0 atom stereocenters. The summed E-state index contributed by atoms with van der Waals surface area (Å²) in [5, 5.41) is 7.14. The Hall–Kier alpha value is -6.90. The fourth-order valence-corrected chi connectivity index (χ4v) is 10.7. The van der Waals surface area contributed by atoms with Crippen molar-refractivity contribution >= 4 is 60.5 Å².